The Balaban J connectivity index is 1.96. The SMILES string of the molecule is CCCCC(NC1CCCCC1C)C(=O)Nc1cc(C)on1. The fourth-order valence-corrected chi connectivity index (χ4v) is 3.16. The molecule has 3 atom stereocenters. The van der Waals surface area contributed by atoms with E-state index in [1.165, 1.54) is 25.7 Å². The number of hydrogen-bond donors (Lipinski definition) is 2. The minimum absolute atomic E-state index is 0.000441. The van der Waals surface area contributed by atoms with Crippen molar-refractivity contribution in [1.82, 2.24) is 10.5 Å². The predicted octanol–water partition coefficient (Wildman–Crippen LogP) is 3.65. The number of nitrogens with one attached hydrogen (secondary N) is 2. The summed E-state index contributed by atoms with van der Waals surface area (Å²) in [7, 11) is 0. The molecule has 2 N–H and O–H groups in total. The van der Waals surface area contributed by atoms with Gasteiger partial charge < -0.3 is 15.2 Å². The maximum absolute atomic E-state index is 12.6. The molecule has 0 saturated heterocycles. The van der Waals surface area contributed by atoms with Crippen LogP contribution in [-0.4, -0.2) is 23.1 Å². The number of carbonyl (C=O) groups is 1. The summed E-state index contributed by atoms with van der Waals surface area (Å²) in [5, 5.41) is 10.3. The number of aryl methyl sites for hydroxylation is 1. The summed E-state index contributed by atoms with van der Waals surface area (Å²) in [6.45, 7) is 6.25. The fraction of sp³-hybridized carbons (Fsp3) is 0.765. The second-order valence-electron chi connectivity index (χ2n) is 6.54. The van der Waals surface area contributed by atoms with Gasteiger partial charge in [-0.3, -0.25) is 4.79 Å². The first-order valence-corrected chi connectivity index (χ1v) is 8.60. The molecule has 1 heterocycles. The molecule has 124 valence electrons. The predicted molar refractivity (Wildman–Crippen MR) is 87.7 cm³/mol. The highest BCUT2D eigenvalue weighted by molar-refractivity contribution is 5.94. The highest BCUT2D eigenvalue weighted by Gasteiger charge is 2.27. The molecule has 1 aliphatic carbocycles. The van der Waals surface area contributed by atoms with Gasteiger partial charge in [0.1, 0.15) is 5.76 Å². The molecule has 1 aliphatic rings. The average molecular weight is 307 g/mol. The van der Waals surface area contributed by atoms with Crippen LogP contribution in [0.3, 0.4) is 0 Å². The smallest absolute Gasteiger partial charge is 0.242 e. The van der Waals surface area contributed by atoms with Crippen molar-refractivity contribution < 1.29 is 9.32 Å². The third-order valence-electron chi connectivity index (χ3n) is 4.57. The zero-order valence-electron chi connectivity index (χ0n) is 14.0. The third kappa shape index (κ3) is 4.83. The monoisotopic (exact) mass is 307 g/mol. The van der Waals surface area contributed by atoms with Gasteiger partial charge in [-0.2, -0.15) is 0 Å². The summed E-state index contributed by atoms with van der Waals surface area (Å²) in [6.07, 6.45) is 7.99. The van der Waals surface area contributed by atoms with Crippen molar-refractivity contribution >= 4 is 11.7 Å². The Morgan fingerprint density at radius 1 is 1.45 bits per heavy atom. The molecule has 0 spiro atoms. The first-order chi connectivity index (χ1) is 10.6. The van der Waals surface area contributed by atoms with Gasteiger partial charge in [0.05, 0.1) is 6.04 Å². The largest absolute Gasteiger partial charge is 0.360 e. The van der Waals surface area contributed by atoms with E-state index in [-0.39, 0.29) is 11.9 Å². The normalized spacial score (nSPS) is 23.2. The molecule has 1 fully saturated rings. The van der Waals surface area contributed by atoms with Crippen molar-refractivity contribution in [2.75, 3.05) is 5.32 Å². The van der Waals surface area contributed by atoms with Gasteiger partial charge in [0.2, 0.25) is 5.91 Å². The van der Waals surface area contributed by atoms with Crippen LogP contribution in [0.15, 0.2) is 10.6 Å². The van der Waals surface area contributed by atoms with Gasteiger partial charge in [-0.25, -0.2) is 0 Å². The molecule has 0 radical (unpaired) electrons. The third-order valence-corrected chi connectivity index (χ3v) is 4.57. The van der Waals surface area contributed by atoms with Crippen LogP contribution >= 0.6 is 0 Å². The van der Waals surface area contributed by atoms with Crippen LogP contribution < -0.4 is 10.6 Å². The maximum atomic E-state index is 12.6. The van der Waals surface area contributed by atoms with E-state index in [2.05, 4.69) is 29.6 Å². The highest BCUT2D eigenvalue weighted by Crippen LogP contribution is 2.24. The minimum atomic E-state index is -0.150. The fourth-order valence-electron chi connectivity index (χ4n) is 3.16. The Hall–Kier alpha value is -1.36. The van der Waals surface area contributed by atoms with Crippen molar-refractivity contribution in [3.05, 3.63) is 11.8 Å². The average Bonchev–Trinajstić information content (AvgIpc) is 2.90. The van der Waals surface area contributed by atoms with Gasteiger partial charge in [0.15, 0.2) is 5.82 Å². The molecule has 1 aromatic rings. The molecule has 2 rings (SSSR count). The quantitative estimate of drug-likeness (QED) is 0.807. The number of hydrogen-bond acceptors (Lipinski definition) is 4. The lowest BCUT2D eigenvalue weighted by Gasteiger charge is -2.32. The van der Waals surface area contributed by atoms with Gasteiger partial charge in [-0.05, 0) is 32.1 Å². The Kier molecular flexibility index (Phi) is 6.43. The second-order valence-corrected chi connectivity index (χ2v) is 6.54. The molecule has 0 bridgehead atoms. The summed E-state index contributed by atoms with van der Waals surface area (Å²) in [5.74, 6) is 1.84. The van der Waals surface area contributed by atoms with Crippen molar-refractivity contribution in [1.29, 1.82) is 0 Å². The molecule has 0 aliphatic heterocycles. The summed E-state index contributed by atoms with van der Waals surface area (Å²) < 4.78 is 5.01. The van der Waals surface area contributed by atoms with E-state index in [0.717, 1.165) is 19.3 Å². The van der Waals surface area contributed by atoms with Gasteiger partial charge in [0.25, 0.3) is 0 Å². The van der Waals surface area contributed by atoms with Gasteiger partial charge in [-0.1, -0.05) is 44.7 Å². The van der Waals surface area contributed by atoms with Gasteiger partial charge >= 0.3 is 0 Å². The number of carbonyl (C=O) groups excluding carboxylic acids is 1. The van der Waals surface area contributed by atoms with E-state index in [0.29, 0.717) is 23.5 Å². The van der Waals surface area contributed by atoms with Crippen LogP contribution in [0.2, 0.25) is 0 Å². The van der Waals surface area contributed by atoms with E-state index >= 15 is 0 Å². The summed E-state index contributed by atoms with van der Waals surface area (Å²) >= 11 is 0. The number of anilines is 1. The maximum Gasteiger partial charge on any atom is 0.242 e. The zero-order chi connectivity index (χ0) is 15.9. The Morgan fingerprint density at radius 2 is 2.23 bits per heavy atom. The van der Waals surface area contributed by atoms with E-state index in [4.69, 9.17) is 4.52 Å². The number of rotatable bonds is 7. The second kappa shape index (κ2) is 8.32. The van der Waals surface area contributed by atoms with E-state index in [1.54, 1.807) is 6.07 Å². The molecular weight excluding hydrogens is 278 g/mol. The summed E-state index contributed by atoms with van der Waals surface area (Å²) in [6, 6.07) is 2.04. The molecule has 0 aromatic carbocycles. The topological polar surface area (TPSA) is 67.2 Å². The van der Waals surface area contributed by atoms with Crippen molar-refractivity contribution in [3.8, 4) is 0 Å². The Morgan fingerprint density at radius 3 is 2.86 bits per heavy atom. The first-order valence-electron chi connectivity index (χ1n) is 8.60. The lowest BCUT2D eigenvalue weighted by atomic mass is 9.85. The Labute approximate surface area is 133 Å². The summed E-state index contributed by atoms with van der Waals surface area (Å²) in [4.78, 5) is 12.6. The zero-order valence-corrected chi connectivity index (χ0v) is 14.0. The number of nitrogens with zero attached hydrogens (tertiary/aromatic N) is 1. The van der Waals surface area contributed by atoms with Gasteiger partial charge in [-0.15, -0.1) is 0 Å². The first kappa shape index (κ1) is 17.0. The van der Waals surface area contributed by atoms with Crippen LogP contribution in [0, 0.1) is 12.8 Å². The van der Waals surface area contributed by atoms with Crippen molar-refractivity contribution in [3.63, 3.8) is 0 Å². The van der Waals surface area contributed by atoms with Gasteiger partial charge in [0, 0.05) is 12.1 Å². The highest BCUT2D eigenvalue weighted by atomic mass is 16.5. The standard InChI is InChI=1S/C17H29N3O2/c1-4-5-9-15(18-14-10-7-6-8-12(14)2)17(21)19-16-11-13(3)22-20-16/h11-12,14-15,18H,4-10H2,1-3H3,(H,19,20,21). The molecule has 1 saturated carbocycles. The van der Waals surface area contributed by atoms with E-state index < -0.39 is 0 Å². The van der Waals surface area contributed by atoms with Crippen LogP contribution in [-0.2, 0) is 4.79 Å². The van der Waals surface area contributed by atoms with Crippen LogP contribution in [0.4, 0.5) is 5.82 Å². The number of amides is 1. The molecular formula is C17H29N3O2. The molecule has 3 unspecified atom stereocenters. The Bertz CT molecular complexity index is 472. The van der Waals surface area contributed by atoms with Crippen molar-refractivity contribution in [2.45, 2.75) is 77.8 Å². The number of unbranched alkanes of at least 4 members (excludes halogenated alkanes) is 1. The molecule has 22 heavy (non-hydrogen) atoms. The lowest BCUT2D eigenvalue weighted by Crippen LogP contribution is -2.49. The van der Waals surface area contributed by atoms with Crippen LogP contribution in [0.5, 0.6) is 0 Å². The minimum Gasteiger partial charge on any atom is -0.360 e. The molecule has 5 nitrogen and oxygen atoms in total. The molecule has 5 heteroatoms. The molecule has 1 amide bonds. The van der Waals surface area contributed by atoms with Crippen molar-refractivity contribution in [2.24, 2.45) is 5.92 Å². The molecule has 1 aromatic heterocycles. The van der Waals surface area contributed by atoms with Crippen LogP contribution in [0.1, 0.15) is 64.6 Å². The van der Waals surface area contributed by atoms with Crippen LogP contribution in [0.25, 0.3) is 0 Å². The van der Waals surface area contributed by atoms with E-state index in [1.807, 2.05) is 6.92 Å². The number of aromatic nitrogens is 1. The lowest BCUT2D eigenvalue weighted by molar-refractivity contribution is -0.118. The van der Waals surface area contributed by atoms with E-state index in [9.17, 15) is 4.79 Å². The summed E-state index contributed by atoms with van der Waals surface area (Å²) in [5.41, 5.74) is 0.